The van der Waals surface area contributed by atoms with Gasteiger partial charge in [-0.05, 0) is 12.1 Å². The molecule has 0 N–H and O–H groups in total. The zero-order chi connectivity index (χ0) is 10.1. The molecule has 1 heterocycles. The topological polar surface area (TPSA) is 47.0 Å². The van der Waals surface area contributed by atoms with E-state index in [1.807, 2.05) is 29.9 Å². The maximum Gasteiger partial charge on any atom is 0.276 e. The van der Waals surface area contributed by atoms with Crippen molar-refractivity contribution in [2.75, 3.05) is 0 Å². The minimum absolute atomic E-state index is 0.124. The summed E-state index contributed by atoms with van der Waals surface area (Å²) in [5.41, 5.74) is 0.987. The minimum atomic E-state index is -0.382. The first-order chi connectivity index (χ1) is 6.68. The van der Waals surface area contributed by atoms with Crippen molar-refractivity contribution in [3.63, 3.8) is 0 Å². The Morgan fingerprint density at radius 2 is 2.14 bits per heavy atom. The van der Waals surface area contributed by atoms with Crippen LogP contribution in [0.25, 0.3) is 10.9 Å². The van der Waals surface area contributed by atoms with Gasteiger partial charge in [-0.2, -0.15) is 0 Å². The van der Waals surface area contributed by atoms with Gasteiger partial charge < -0.3 is 0 Å². The van der Waals surface area contributed by atoms with Crippen LogP contribution in [0.2, 0.25) is 0 Å². The Bertz CT molecular complexity index is 508. The maximum absolute atomic E-state index is 10.6. The summed E-state index contributed by atoms with van der Waals surface area (Å²) in [5, 5.41) is 11.6. The highest BCUT2D eigenvalue weighted by atomic mass is 16.6. The smallest absolute Gasteiger partial charge is 0.258 e. The van der Waals surface area contributed by atoms with Crippen LogP contribution in [0.5, 0.6) is 0 Å². The summed E-state index contributed by atoms with van der Waals surface area (Å²) in [6.45, 7) is 0. The number of rotatable bonds is 1. The first-order valence-electron chi connectivity index (χ1n) is 4.21. The fourth-order valence-corrected chi connectivity index (χ4v) is 1.45. The third kappa shape index (κ3) is 1.31. The number of hydrogen-bond acceptors (Lipinski definition) is 2. The lowest BCUT2D eigenvalue weighted by Crippen LogP contribution is -2.27. The average Bonchev–Trinajstić information content (AvgIpc) is 2.18. The summed E-state index contributed by atoms with van der Waals surface area (Å²) in [5.74, 6) is 0. The molecule has 4 heteroatoms. The molecule has 2 rings (SSSR count). The zero-order valence-corrected chi connectivity index (χ0v) is 7.68. The second-order valence-electron chi connectivity index (χ2n) is 3.12. The van der Waals surface area contributed by atoms with Crippen molar-refractivity contribution >= 4 is 16.6 Å². The van der Waals surface area contributed by atoms with E-state index in [9.17, 15) is 10.1 Å². The minimum Gasteiger partial charge on any atom is -0.258 e. The normalized spacial score (nSPS) is 10.4. The number of non-ortho nitro benzene ring substituents is 1. The predicted octanol–water partition coefficient (Wildman–Crippen LogP) is 1.57. The van der Waals surface area contributed by atoms with Crippen molar-refractivity contribution in [2.24, 2.45) is 7.05 Å². The number of fused-ring (bicyclic) bond motifs is 1. The van der Waals surface area contributed by atoms with Gasteiger partial charge in [-0.25, -0.2) is 4.57 Å². The van der Waals surface area contributed by atoms with E-state index in [0.29, 0.717) is 0 Å². The Balaban J connectivity index is 2.76. The highest BCUT2D eigenvalue weighted by Crippen LogP contribution is 2.17. The van der Waals surface area contributed by atoms with Gasteiger partial charge in [0, 0.05) is 17.5 Å². The van der Waals surface area contributed by atoms with Gasteiger partial charge >= 0.3 is 0 Å². The number of nitro benzene ring substituents is 1. The fraction of sp³-hybridized carbons (Fsp3) is 0.100. The third-order valence-electron chi connectivity index (χ3n) is 2.19. The van der Waals surface area contributed by atoms with E-state index < -0.39 is 0 Å². The lowest BCUT2D eigenvalue weighted by molar-refractivity contribution is -0.645. The van der Waals surface area contributed by atoms with Crippen LogP contribution in [0.15, 0.2) is 36.5 Å². The van der Waals surface area contributed by atoms with Crippen LogP contribution in [-0.2, 0) is 7.05 Å². The fourth-order valence-electron chi connectivity index (χ4n) is 1.45. The monoisotopic (exact) mass is 189 g/mol. The van der Waals surface area contributed by atoms with Gasteiger partial charge in [0.05, 0.1) is 11.0 Å². The zero-order valence-electron chi connectivity index (χ0n) is 7.68. The van der Waals surface area contributed by atoms with E-state index >= 15 is 0 Å². The van der Waals surface area contributed by atoms with E-state index in [1.54, 1.807) is 12.1 Å². The molecule has 0 amide bonds. The maximum atomic E-state index is 10.6. The Kier molecular flexibility index (Phi) is 1.89. The molecular weight excluding hydrogens is 180 g/mol. The van der Waals surface area contributed by atoms with Gasteiger partial charge in [-0.3, -0.25) is 10.1 Å². The highest BCUT2D eigenvalue weighted by Gasteiger charge is 2.10. The number of aryl methyl sites for hydroxylation is 1. The SMILES string of the molecule is C[n+]1cccc2ccc([N+](=O)[O-])cc21. The van der Waals surface area contributed by atoms with Gasteiger partial charge in [0.25, 0.3) is 5.69 Å². The molecule has 1 aromatic heterocycles. The molecule has 0 aliphatic heterocycles. The van der Waals surface area contributed by atoms with Gasteiger partial charge in [-0.15, -0.1) is 0 Å². The molecule has 0 spiro atoms. The molecule has 0 aliphatic carbocycles. The highest BCUT2D eigenvalue weighted by molar-refractivity contribution is 5.77. The molecule has 2 aromatic rings. The van der Waals surface area contributed by atoms with E-state index in [-0.39, 0.29) is 10.6 Å². The molecule has 0 aliphatic rings. The molecule has 70 valence electrons. The van der Waals surface area contributed by atoms with E-state index in [1.165, 1.54) is 6.07 Å². The molecule has 0 fully saturated rings. The Hall–Kier alpha value is -1.97. The van der Waals surface area contributed by atoms with Crippen molar-refractivity contribution in [2.45, 2.75) is 0 Å². The summed E-state index contributed by atoms with van der Waals surface area (Å²) in [7, 11) is 1.87. The van der Waals surface area contributed by atoms with Gasteiger partial charge in [0.2, 0.25) is 5.52 Å². The molecule has 0 saturated heterocycles. The molecule has 0 radical (unpaired) electrons. The summed E-state index contributed by atoms with van der Waals surface area (Å²) >= 11 is 0. The van der Waals surface area contributed by atoms with E-state index in [4.69, 9.17) is 0 Å². The van der Waals surface area contributed by atoms with Crippen molar-refractivity contribution in [3.05, 3.63) is 46.6 Å². The second kappa shape index (κ2) is 3.06. The van der Waals surface area contributed by atoms with Crippen LogP contribution < -0.4 is 4.57 Å². The number of pyridine rings is 1. The number of nitrogens with zero attached hydrogens (tertiary/aromatic N) is 2. The molecule has 0 atom stereocenters. The molecule has 0 unspecified atom stereocenters. The van der Waals surface area contributed by atoms with Crippen LogP contribution in [0.1, 0.15) is 0 Å². The summed E-state index contributed by atoms with van der Waals surface area (Å²) in [4.78, 5) is 10.2. The van der Waals surface area contributed by atoms with Crippen molar-refractivity contribution in [3.8, 4) is 0 Å². The number of aromatic nitrogens is 1. The number of benzene rings is 1. The molecule has 0 bridgehead atoms. The standard InChI is InChI=1S/C10H9N2O2/c1-11-6-2-3-8-4-5-9(12(13)14)7-10(8)11/h2-7H,1H3/q+1. The molecule has 0 saturated carbocycles. The van der Waals surface area contributed by atoms with E-state index in [2.05, 4.69) is 0 Å². The molecule has 4 nitrogen and oxygen atoms in total. The van der Waals surface area contributed by atoms with Gasteiger partial charge in [-0.1, -0.05) is 0 Å². The number of nitro groups is 1. The molecule has 1 aromatic carbocycles. The summed E-state index contributed by atoms with van der Waals surface area (Å²) in [6, 6.07) is 8.69. The first-order valence-corrected chi connectivity index (χ1v) is 4.21. The number of hydrogen-bond donors (Lipinski definition) is 0. The molecular formula is C10H9N2O2+. The lowest BCUT2D eigenvalue weighted by atomic mass is 10.2. The first kappa shape index (κ1) is 8.62. The van der Waals surface area contributed by atoms with Crippen LogP contribution in [-0.4, -0.2) is 4.92 Å². The summed E-state index contributed by atoms with van der Waals surface area (Å²) in [6.07, 6.45) is 1.87. The Morgan fingerprint density at radius 1 is 1.36 bits per heavy atom. The van der Waals surface area contributed by atoms with Crippen molar-refractivity contribution in [1.82, 2.24) is 0 Å². The van der Waals surface area contributed by atoms with E-state index in [0.717, 1.165) is 10.9 Å². The second-order valence-corrected chi connectivity index (χ2v) is 3.12. The Morgan fingerprint density at radius 3 is 2.86 bits per heavy atom. The van der Waals surface area contributed by atoms with Crippen LogP contribution in [0.3, 0.4) is 0 Å². The predicted molar refractivity (Wildman–Crippen MR) is 51.8 cm³/mol. The van der Waals surface area contributed by atoms with Crippen LogP contribution in [0.4, 0.5) is 5.69 Å². The lowest BCUT2D eigenvalue weighted by Gasteiger charge is -1.95. The van der Waals surface area contributed by atoms with Crippen LogP contribution >= 0.6 is 0 Å². The van der Waals surface area contributed by atoms with Gasteiger partial charge in [0.1, 0.15) is 7.05 Å². The summed E-state index contributed by atoms with van der Waals surface area (Å²) < 4.78 is 1.86. The van der Waals surface area contributed by atoms with Crippen LogP contribution in [0, 0.1) is 10.1 Å². The quantitative estimate of drug-likeness (QED) is 0.388. The molecule has 14 heavy (non-hydrogen) atoms. The average molecular weight is 189 g/mol. The largest absolute Gasteiger partial charge is 0.276 e. The Labute approximate surface area is 80.6 Å². The van der Waals surface area contributed by atoms with Crippen molar-refractivity contribution < 1.29 is 9.49 Å². The van der Waals surface area contributed by atoms with Crippen molar-refractivity contribution in [1.29, 1.82) is 0 Å². The van der Waals surface area contributed by atoms with Gasteiger partial charge in [0.15, 0.2) is 6.20 Å². The third-order valence-corrected chi connectivity index (χ3v) is 2.19.